The molecule has 2 rings (SSSR count). The van der Waals surface area contributed by atoms with Crippen molar-refractivity contribution in [2.75, 3.05) is 25.5 Å². The number of nitrogens with one attached hydrogen (secondary N) is 1. The Morgan fingerprint density at radius 2 is 2.18 bits per heavy atom. The summed E-state index contributed by atoms with van der Waals surface area (Å²) >= 11 is 0. The molecular formula is C14H20N2O. The maximum absolute atomic E-state index is 11.9. The van der Waals surface area contributed by atoms with Gasteiger partial charge in [-0.25, -0.2) is 0 Å². The lowest BCUT2D eigenvalue weighted by molar-refractivity contribution is -0.117. The van der Waals surface area contributed by atoms with Gasteiger partial charge in [-0.15, -0.1) is 0 Å². The molecule has 1 atom stereocenters. The van der Waals surface area contributed by atoms with Crippen LogP contribution in [0.5, 0.6) is 0 Å². The largest absolute Gasteiger partial charge is 0.326 e. The van der Waals surface area contributed by atoms with Gasteiger partial charge >= 0.3 is 0 Å². The van der Waals surface area contributed by atoms with E-state index in [0.29, 0.717) is 12.3 Å². The van der Waals surface area contributed by atoms with Crippen molar-refractivity contribution in [3.05, 3.63) is 30.3 Å². The first kappa shape index (κ1) is 12.1. The van der Waals surface area contributed by atoms with Crippen molar-refractivity contribution in [1.29, 1.82) is 0 Å². The van der Waals surface area contributed by atoms with E-state index < -0.39 is 0 Å². The maximum Gasteiger partial charge on any atom is 0.224 e. The van der Waals surface area contributed by atoms with Gasteiger partial charge < -0.3 is 10.2 Å². The summed E-state index contributed by atoms with van der Waals surface area (Å²) < 4.78 is 0. The first-order chi connectivity index (χ1) is 8.24. The van der Waals surface area contributed by atoms with Crippen molar-refractivity contribution in [3.63, 3.8) is 0 Å². The van der Waals surface area contributed by atoms with E-state index in [2.05, 4.69) is 17.3 Å². The van der Waals surface area contributed by atoms with Crippen LogP contribution in [0.4, 0.5) is 5.69 Å². The Bertz CT molecular complexity index is 364. The quantitative estimate of drug-likeness (QED) is 0.867. The number of amides is 1. The molecule has 1 aliphatic heterocycles. The first-order valence-corrected chi connectivity index (χ1v) is 6.27. The molecule has 1 fully saturated rings. The Labute approximate surface area is 103 Å². The SMILES string of the molecule is CN1CCCC(CC(=O)Nc2ccccc2)C1. The first-order valence-electron chi connectivity index (χ1n) is 6.27. The fraction of sp³-hybridized carbons (Fsp3) is 0.500. The molecule has 3 nitrogen and oxygen atoms in total. The highest BCUT2D eigenvalue weighted by Gasteiger charge is 2.19. The van der Waals surface area contributed by atoms with Crippen molar-refractivity contribution in [2.45, 2.75) is 19.3 Å². The minimum atomic E-state index is 0.136. The molecule has 0 bridgehead atoms. The summed E-state index contributed by atoms with van der Waals surface area (Å²) in [5.74, 6) is 0.647. The summed E-state index contributed by atoms with van der Waals surface area (Å²) in [6, 6.07) is 9.66. The average Bonchev–Trinajstić information content (AvgIpc) is 2.30. The minimum absolute atomic E-state index is 0.136. The number of hydrogen-bond acceptors (Lipinski definition) is 2. The van der Waals surface area contributed by atoms with Gasteiger partial charge in [-0.2, -0.15) is 0 Å². The molecule has 17 heavy (non-hydrogen) atoms. The highest BCUT2D eigenvalue weighted by atomic mass is 16.1. The van der Waals surface area contributed by atoms with Gasteiger partial charge in [0.2, 0.25) is 5.91 Å². The van der Waals surface area contributed by atoms with Gasteiger partial charge in [0.05, 0.1) is 0 Å². The molecule has 1 amide bonds. The zero-order valence-corrected chi connectivity index (χ0v) is 10.4. The summed E-state index contributed by atoms with van der Waals surface area (Å²) in [4.78, 5) is 14.2. The van der Waals surface area contributed by atoms with Gasteiger partial charge in [-0.1, -0.05) is 18.2 Å². The fourth-order valence-corrected chi connectivity index (χ4v) is 2.44. The van der Waals surface area contributed by atoms with E-state index in [9.17, 15) is 4.79 Å². The number of benzene rings is 1. The maximum atomic E-state index is 11.9. The van der Waals surface area contributed by atoms with E-state index in [0.717, 1.165) is 18.8 Å². The van der Waals surface area contributed by atoms with Crippen molar-refractivity contribution in [3.8, 4) is 0 Å². The second-order valence-electron chi connectivity index (χ2n) is 4.89. The number of para-hydroxylation sites is 1. The van der Waals surface area contributed by atoms with Gasteiger partial charge in [0.15, 0.2) is 0 Å². The van der Waals surface area contributed by atoms with Crippen molar-refractivity contribution < 1.29 is 4.79 Å². The van der Waals surface area contributed by atoms with Crippen LogP contribution in [0.3, 0.4) is 0 Å². The Kier molecular flexibility index (Phi) is 4.15. The molecule has 1 heterocycles. The molecule has 0 aromatic heterocycles. The smallest absolute Gasteiger partial charge is 0.224 e. The standard InChI is InChI=1S/C14H20N2O/c1-16-9-5-6-12(11-16)10-14(17)15-13-7-3-2-4-8-13/h2-4,7-8,12H,5-6,9-11H2,1H3,(H,15,17). The van der Waals surface area contributed by atoms with Crippen LogP contribution in [-0.2, 0) is 4.79 Å². The number of rotatable bonds is 3. The number of likely N-dealkylation sites (tertiary alicyclic amines) is 1. The van der Waals surface area contributed by atoms with Crippen LogP contribution in [0, 0.1) is 5.92 Å². The molecule has 1 aliphatic rings. The Morgan fingerprint density at radius 1 is 1.41 bits per heavy atom. The molecule has 1 unspecified atom stereocenters. The number of carbonyl (C=O) groups is 1. The molecule has 0 spiro atoms. The van der Waals surface area contributed by atoms with Gasteiger partial charge in [0.1, 0.15) is 0 Å². The van der Waals surface area contributed by atoms with Crippen LogP contribution in [0.15, 0.2) is 30.3 Å². The molecule has 0 aliphatic carbocycles. The third-order valence-electron chi connectivity index (χ3n) is 3.25. The minimum Gasteiger partial charge on any atom is -0.326 e. The van der Waals surface area contributed by atoms with Gasteiger partial charge in [-0.3, -0.25) is 4.79 Å². The predicted octanol–water partition coefficient (Wildman–Crippen LogP) is 2.36. The lowest BCUT2D eigenvalue weighted by atomic mass is 9.95. The summed E-state index contributed by atoms with van der Waals surface area (Å²) in [5.41, 5.74) is 0.890. The number of nitrogens with zero attached hydrogens (tertiary/aromatic N) is 1. The number of anilines is 1. The summed E-state index contributed by atoms with van der Waals surface area (Å²) in [6.45, 7) is 2.21. The highest BCUT2D eigenvalue weighted by molar-refractivity contribution is 5.90. The van der Waals surface area contributed by atoms with E-state index >= 15 is 0 Å². The molecule has 92 valence electrons. The molecule has 1 aromatic rings. The predicted molar refractivity (Wildman–Crippen MR) is 69.9 cm³/mol. The van der Waals surface area contributed by atoms with Crippen LogP contribution < -0.4 is 5.32 Å². The zero-order valence-electron chi connectivity index (χ0n) is 10.4. The summed E-state index contributed by atoms with van der Waals surface area (Å²) in [5, 5.41) is 2.95. The van der Waals surface area contributed by atoms with E-state index in [-0.39, 0.29) is 5.91 Å². The highest BCUT2D eigenvalue weighted by Crippen LogP contribution is 2.19. The van der Waals surface area contributed by atoms with Crippen molar-refractivity contribution >= 4 is 11.6 Å². The van der Waals surface area contributed by atoms with Crippen LogP contribution in [0.25, 0.3) is 0 Å². The van der Waals surface area contributed by atoms with E-state index in [1.807, 2.05) is 30.3 Å². The molecule has 1 aromatic carbocycles. The molecule has 0 saturated carbocycles. The Morgan fingerprint density at radius 3 is 2.88 bits per heavy atom. The Hall–Kier alpha value is -1.35. The second-order valence-corrected chi connectivity index (χ2v) is 4.89. The topological polar surface area (TPSA) is 32.3 Å². The molecular weight excluding hydrogens is 212 g/mol. The van der Waals surface area contributed by atoms with E-state index in [4.69, 9.17) is 0 Å². The normalized spacial score (nSPS) is 21.1. The van der Waals surface area contributed by atoms with Crippen LogP contribution >= 0.6 is 0 Å². The second kappa shape index (κ2) is 5.82. The third-order valence-corrected chi connectivity index (χ3v) is 3.25. The number of carbonyl (C=O) groups excluding carboxylic acids is 1. The lowest BCUT2D eigenvalue weighted by Crippen LogP contribution is -2.34. The number of hydrogen-bond donors (Lipinski definition) is 1. The van der Waals surface area contributed by atoms with Gasteiger partial charge in [0, 0.05) is 18.7 Å². The van der Waals surface area contributed by atoms with Crippen LogP contribution in [0.2, 0.25) is 0 Å². The Balaban J connectivity index is 1.81. The summed E-state index contributed by atoms with van der Waals surface area (Å²) in [7, 11) is 2.13. The zero-order chi connectivity index (χ0) is 12.1. The van der Waals surface area contributed by atoms with E-state index in [1.165, 1.54) is 12.8 Å². The van der Waals surface area contributed by atoms with Gasteiger partial charge in [-0.05, 0) is 44.5 Å². The van der Waals surface area contributed by atoms with Crippen LogP contribution in [0.1, 0.15) is 19.3 Å². The summed E-state index contributed by atoms with van der Waals surface area (Å²) in [6.07, 6.45) is 3.02. The van der Waals surface area contributed by atoms with E-state index in [1.54, 1.807) is 0 Å². The fourth-order valence-electron chi connectivity index (χ4n) is 2.44. The molecule has 3 heteroatoms. The molecule has 1 saturated heterocycles. The monoisotopic (exact) mass is 232 g/mol. The van der Waals surface area contributed by atoms with Crippen molar-refractivity contribution in [2.24, 2.45) is 5.92 Å². The van der Waals surface area contributed by atoms with Gasteiger partial charge in [0.25, 0.3) is 0 Å². The lowest BCUT2D eigenvalue weighted by Gasteiger charge is -2.29. The van der Waals surface area contributed by atoms with Crippen LogP contribution in [-0.4, -0.2) is 30.9 Å². The molecule has 1 N–H and O–H groups in total. The average molecular weight is 232 g/mol. The molecule has 0 radical (unpaired) electrons. The number of piperidine rings is 1. The third kappa shape index (κ3) is 3.86. The van der Waals surface area contributed by atoms with Crippen molar-refractivity contribution in [1.82, 2.24) is 4.90 Å².